The van der Waals surface area contributed by atoms with Crippen LogP contribution in [-0.4, -0.2) is 16.1 Å². The molecule has 1 N–H and O–H groups in total. The molecule has 0 aliphatic carbocycles. The summed E-state index contributed by atoms with van der Waals surface area (Å²) in [6.45, 7) is 0. The number of nitrogens with zero attached hydrogens (tertiary/aromatic N) is 1. The second-order valence-electron chi connectivity index (χ2n) is 3.49. The van der Waals surface area contributed by atoms with E-state index in [9.17, 15) is 4.79 Å². The predicted octanol–water partition coefficient (Wildman–Crippen LogP) is 4.52. The van der Waals surface area contributed by atoms with E-state index in [2.05, 4.69) is 20.9 Å². The molecule has 1 aromatic carbocycles. The number of carboxylic acid groups (broad SMARTS) is 1. The smallest absolute Gasteiger partial charge is 0.335 e. The third kappa shape index (κ3) is 2.83. The van der Waals surface area contributed by atoms with Crippen LogP contribution in [0.3, 0.4) is 0 Å². The molecule has 2 aromatic rings. The summed E-state index contributed by atoms with van der Waals surface area (Å²) in [7, 11) is 0. The maximum atomic E-state index is 11.0. The van der Waals surface area contributed by atoms with Gasteiger partial charge in [-0.05, 0) is 46.3 Å². The number of aromatic nitrogens is 1. The van der Waals surface area contributed by atoms with Crippen LogP contribution in [0.25, 0.3) is 11.3 Å². The zero-order chi connectivity index (χ0) is 13.3. The van der Waals surface area contributed by atoms with Gasteiger partial charge in [-0.3, -0.25) is 0 Å². The maximum absolute atomic E-state index is 11.0. The van der Waals surface area contributed by atoms with Crippen molar-refractivity contribution in [3.63, 3.8) is 0 Å². The van der Waals surface area contributed by atoms with Crippen molar-refractivity contribution < 1.29 is 9.90 Å². The van der Waals surface area contributed by atoms with Crippen LogP contribution in [-0.2, 0) is 0 Å². The Hall–Kier alpha value is -1.10. The molecule has 92 valence electrons. The fourth-order valence-corrected chi connectivity index (χ4v) is 2.40. The fourth-order valence-electron chi connectivity index (χ4n) is 1.46. The minimum absolute atomic E-state index is 0.137. The van der Waals surface area contributed by atoms with E-state index in [0.29, 0.717) is 25.9 Å². The Labute approximate surface area is 122 Å². The molecule has 0 radical (unpaired) electrons. The number of carbonyl (C=O) groups is 1. The minimum atomic E-state index is -1.02. The Bertz CT molecular complexity index is 631. The van der Waals surface area contributed by atoms with Gasteiger partial charge in [-0.2, -0.15) is 0 Å². The third-order valence-corrected chi connectivity index (χ3v) is 3.20. The molecule has 0 amide bonds. The largest absolute Gasteiger partial charge is 0.478 e. The van der Waals surface area contributed by atoms with Crippen LogP contribution < -0.4 is 0 Å². The normalized spacial score (nSPS) is 10.4. The molecule has 2 rings (SSSR count). The van der Waals surface area contributed by atoms with Crippen LogP contribution in [0.1, 0.15) is 10.4 Å². The number of benzene rings is 1. The van der Waals surface area contributed by atoms with E-state index in [1.807, 2.05) is 0 Å². The lowest BCUT2D eigenvalue weighted by molar-refractivity contribution is 0.0696. The van der Waals surface area contributed by atoms with Crippen molar-refractivity contribution >= 4 is 45.1 Å². The summed E-state index contributed by atoms with van der Waals surface area (Å²) in [6, 6.07) is 7.84. The first-order chi connectivity index (χ1) is 8.47. The molecule has 0 saturated heterocycles. The molecule has 1 aromatic heterocycles. The minimum Gasteiger partial charge on any atom is -0.478 e. The summed E-state index contributed by atoms with van der Waals surface area (Å²) in [5, 5.41) is 9.92. The van der Waals surface area contributed by atoms with Gasteiger partial charge in [-0.25, -0.2) is 9.78 Å². The summed E-state index contributed by atoms with van der Waals surface area (Å²) >= 11 is 15.0. The summed E-state index contributed by atoms with van der Waals surface area (Å²) in [5.74, 6) is -1.02. The number of halogens is 3. The quantitative estimate of drug-likeness (QED) is 0.813. The molecule has 0 unspecified atom stereocenters. The van der Waals surface area contributed by atoms with E-state index in [-0.39, 0.29) is 5.56 Å². The molecular weight excluding hydrogens is 341 g/mol. The van der Waals surface area contributed by atoms with Crippen molar-refractivity contribution in [2.75, 3.05) is 0 Å². The van der Waals surface area contributed by atoms with Gasteiger partial charge in [-0.15, -0.1) is 0 Å². The van der Waals surface area contributed by atoms with E-state index in [1.54, 1.807) is 18.2 Å². The first kappa shape index (κ1) is 13.3. The zero-order valence-corrected chi connectivity index (χ0v) is 11.9. The second kappa shape index (κ2) is 5.26. The SMILES string of the molecule is O=C(O)c1cc(Br)nc(-c2ccc(Cl)cc2Cl)c1. The van der Waals surface area contributed by atoms with Gasteiger partial charge in [0.2, 0.25) is 0 Å². The number of hydrogen-bond donors (Lipinski definition) is 1. The third-order valence-electron chi connectivity index (χ3n) is 2.25. The van der Waals surface area contributed by atoms with E-state index in [0.717, 1.165) is 0 Å². The van der Waals surface area contributed by atoms with Crippen LogP contribution in [0.15, 0.2) is 34.9 Å². The van der Waals surface area contributed by atoms with Crippen molar-refractivity contribution in [2.24, 2.45) is 0 Å². The summed E-state index contributed by atoms with van der Waals surface area (Å²) in [6.07, 6.45) is 0. The van der Waals surface area contributed by atoms with E-state index >= 15 is 0 Å². The molecule has 0 bridgehead atoms. The van der Waals surface area contributed by atoms with E-state index in [1.165, 1.54) is 12.1 Å². The highest BCUT2D eigenvalue weighted by Gasteiger charge is 2.11. The highest BCUT2D eigenvalue weighted by atomic mass is 79.9. The van der Waals surface area contributed by atoms with Crippen molar-refractivity contribution in [3.05, 3.63) is 50.5 Å². The van der Waals surface area contributed by atoms with Crippen LogP contribution in [0.2, 0.25) is 10.0 Å². The highest BCUT2D eigenvalue weighted by Crippen LogP contribution is 2.30. The summed E-state index contributed by atoms with van der Waals surface area (Å²) in [5.41, 5.74) is 1.24. The highest BCUT2D eigenvalue weighted by molar-refractivity contribution is 9.10. The van der Waals surface area contributed by atoms with Gasteiger partial charge in [0.25, 0.3) is 0 Å². The van der Waals surface area contributed by atoms with Crippen molar-refractivity contribution in [1.82, 2.24) is 4.98 Å². The van der Waals surface area contributed by atoms with Crippen molar-refractivity contribution in [1.29, 1.82) is 0 Å². The summed E-state index contributed by atoms with van der Waals surface area (Å²) in [4.78, 5) is 15.2. The molecule has 0 spiro atoms. The molecule has 0 atom stereocenters. The van der Waals surface area contributed by atoms with Crippen LogP contribution in [0, 0.1) is 0 Å². The molecule has 0 aliphatic heterocycles. The van der Waals surface area contributed by atoms with Gasteiger partial charge in [-0.1, -0.05) is 23.2 Å². The number of pyridine rings is 1. The van der Waals surface area contributed by atoms with Crippen LogP contribution in [0.5, 0.6) is 0 Å². The lowest BCUT2D eigenvalue weighted by atomic mass is 10.1. The molecule has 3 nitrogen and oxygen atoms in total. The number of rotatable bonds is 2. The number of aromatic carboxylic acids is 1. The van der Waals surface area contributed by atoms with Gasteiger partial charge in [0.15, 0.2) is 0 Å². The van der Waals surface area contributed by atoms with Crippen molar-refractivity contribution in [2.45, 2.75) is 0 Å². The maximum Gasteiger partial charge on any atom is 0.335 e. The monoisotopic (exact) mass is 345 g/mol. The number of hydrogen-bond acceptors (Lipinski definition) is 2. The Morgan fingerprint density at radius 1 is 1.22 bits per heavy atom. The van der Waals surface area contributed by atoms with E-state index < -0.39 is 5.97 Å². The zero-order valence-electron chi connectivity index (χ0n) is 8.82. The Morgan fingerprint density at radius 2 is 1.94 bits per heavy atom. The lowest BCUT2D eigenvalue weighted by Crippen LogP contribution is -1.98. The Kier molecular flexibility index (Phi) is 3.90. The van der Waals surface area contributed by atoms with Gasteiger partial charge >= 0.3 is 5.97 Å². The molecule has 1 heterocycles. The average Bonchev–Trinajstić information content (AvgIpc) is 2.27. The van der Waals surface area contributed by atoms with Gasteiger partial charge in [0.1, 0.15) is 4.60 Å². The standard InChI is InChI=1S/C12H6BrCl2NO2/c13-11-4-6(12(17)18)3-10(16-11)8-2-1-7(14)5-9(8)15/h1-5H,(H,17,18). The first-order valence-corrected chi connectivity index (χ1v) is 6.38. The molecule has 0 fully saturated rings. The second-order valence-corrected chi connectivity index (χ2v) is 5.15. The lowest BCUT2D eigenvalue weighted by Gasteiger charge is -2.06. The van der Waals surface area contributed by atoms with Crippen LogP contribution in [0.4, 0.5) is 0 Å². The van der Waals surface area contributed by atoms with Crippen molar-refractivity contribution in [3.8, 4) is 11.3 Å². The van der Waals surface area contributed by atoms with E-state index in [4.69, 9.17) is 28.3 Å². The number of carboxylic acids is 1. The predicted molar refractivity (Wildman–Crippen MR) is 74.4 cm³/mol. The summed E-state index contributed by atoms with van der Waals surface area (Å²) < 4.78 is 0.434. The molecule has 18 heavy (non-hydrogen) atoms. The van der Waals surface area contributed by atoms with Gasteiger partial charge < -0.3 is 5.11 Å². The fraction of sp³-hybridized carbons (Fsp3) is 0. The molecular formula is C12H6BrCl2NO2. The Balaban J connectivity index is 2.60. The first-order valence-electron chi connectivity index (χ1n) is 4.83. The average molecular weight is 347 g/mol. The van der Waals surface area contributed by atoms with Crippen LogP contribution >= 0.6 is 39.1 Å². The Morgan fingerprint density at radius 3 is 2.56 bits per heavy atom. The van der Waals surface area contributed by atoms with Gasteiger partial charge in [0.05, 0.1) is 16.3 Å². The topological polar surface area (TPSA) is 50.2 Å². The van der Waals surface area contributed by atoms with Gasteiger partial charge in [0, 0.05) is 10.6 Å². The molecule has 0 saturated carbocycles. The molecule has 0 aliphatic rings. The molecule has 6 heteroatoms.